The molecule has 0 bridgehead atoms. The molecule has 3 aliphatic heterocycles. The Kier molecular flexibility index (Phi) is 3.84. The number of carbonyl (C=O) groups is 3. The van der Waals surface area contributed by atoms with Crippen molar-refractivity contribution >= 4 is 29.4 Å². The maximum absolute atomic E-state index is 13.6. The summed E-state index contributed by atoms with van der Waals surface area (Å²) >= 11 is 0. The fourth-order valence-corrected chi connectivity index (χ4v) is 5.07. The molecule has 0 N–H and O–H groups in total. The van der Waals surface area contributed by atoms with Crippen molar-refractivity contribution in [3.8, 4) is 5.75 Å². The smallest absolute Gasteiger partial charge is 0.240 e. The van der Waals surface area contributed by atoms with E-state index < -0.39 is 17.9 Å². The number of amides is 2. The van der Waals surface area contributed by atoms with Crippen molar-refractivity contribution in [3.05, 3.63) is 65.9 Å². The highest BCUT2D eigenvalue weighted by molar-refractivity contribution is 6.24. The van der Waals surface area contributed by atoms with Gasteiger partial charge >= 0.3 is 0 Å². The van der Waals surface area contributed by atoms with Crippen LogP contribution >= 0.6 is 0 Å². The van der Waals surface area contributed by atoms with E-state index in [1.54, 1.807) is 24.3 Å². The first-order valence-corrected chi connectivity index (χ1v) is 9.60. The van der Waals surface area contributed by atoms with Crippen LogP contribution in [0.15, 0.2) is 54.7 Å². The van der Waals surface area contributed by atoms with Crippen LogP contribution < -0.4 is 9.64 Å². The number of para-hydroxylation sites is 2. The zero-order valence-electron chi connectivity index (χ0n) is 16.1. The quantitative estimate of drug-likeness (QED) is 0.757. The highest BCUT2D eigenvalue weighted by atomic mass is 16.5. The summed E-state index contributed by atoms with van der Waals surface area (Å²) in [5, 5.41) is 0. The average Bonchev–Trinajstić information content (AvgIpc) is 3.21. The Balaban J connectivity index is 1.66. The standard InChI is InChI=1S/C23H20N2O4/c1-13(26)20-18-19(21-15-8-4-3-7-14(15)11-12-24(20)21)23(28)25(22(18)27)16-9-5-6-10-17(16)29-2/h3-12,18-21H,1-2H3/t18-,19+,20-,21-/m1/s1. The Bertz CT molecular complexity index is 1080. The predicted molar refractivity (Wildman–Crippen MR) is 107 cm³/mol. The van der Waals surface area contributed by atoms with Gasteiger partial charge in [-0.1, -0.05) is 36.4 Å². The normalized spacial score (nSPS) is 27.0. The minimum atomic E-state index is -0.717. The fraction of sp³-hybridized carbons (Fsp3) is 0.261. The van der Waals surface area contributed by atoms with Crippen molar-refractivity contribution in [3.63, 3.8) is 0 Å². The van der Waals surface area contributed by atoms with E-state index in [0.29, 0.717) is 11.4 Å². The number of imide groups is 1. The lowest BCUT2D eigenvalue weighted by molar-refractivity contribution is -0.129. The summed E-state index contributed by atoms with van der Waals surface area (Å²) in [5.41, 5.74) is 2.40. The molecule has 0 aromatic heterocycles. The van der Waals surface area contributed by atoms with Crippen LogP contribution in [0.5, 0.6) is 5.75 Å². The van der Waals surface area contributed by atoms with E-state index >= 15 is 0 Å². The molecule has 2 saturated heterocycles. The van der Waals surface area contributed by atoms with Crippen LogP contribution in [0.4, 0.5) is 5.69 Å². The highest BCUT2D eigenvalue weighted by Crippen LogP contribution is 2.53. The van der Waals surface area contributed by atoms with Gasteiger partial charge in [-0.3, -0.25) is 14.4 Å². The van der Waals surface area contributed by atoms with Crippen molar-refractivity contribution in [2.24, 2.45) is 11.8 Å². The van der Waals surface area contributed by atoms with Crippen molar-refractivity contribution in [1.82, 2.24) is 4.90 Å². The highest BCUT2D eigenvalue weighted by Gasteiger charge is 2.64. The van der Waals surface area contributed by atoms with E-state index in [0.717, 1.165) is 11.1 Å². The van der Waals surface area contributed by atoms with Crippen molar-refractivity contribution < 1.29 is 19.1 Å². The number of hydrogen-bond acceptors (Lipinski definition) is 5. The van der Waals surface area contributed by atoms with Crippen molar-refractivity contribution in [1.29, 1.82) is 0 Å². The van der Waals surface area contributed by atoms with Crippen LogP contribution in [-0.4, -0.2) is 35.6 Å². The van der Waals surface area contributed by atoms with Crippen LogP contribution in [0, 0.1) is 11.8 Å². The molecule has 0 spiro atoms. The molecule has 3 heterocycles. The van der Waals surface area contributed by atoms with Gasteiger partial charge in [0, 0.05) is 6.20 Å². The van der Waals surface area contributed by atoms with Gasteiger partial charge in [0.25, 0.3) is 0 Å². The molecule has 2 fully saturated rings. The fourth-order valence-electron chi connectivity index (χ4n) is 5.07. The van der Waals surface area contributed by atoms with Gasteiger partial charge in [-0.2, -0.15) is 0 Å². The second kappa shape index (κ2) is 6.30. The minimum absolute atomic E-state index is 0.116. The lowest BCUT2D eigenvalue weighted by Crippen LogP contribution is -2.43. The van der Waals surface area contributed by atoms with Gasteiger partial charge < -0.3 is 9.64 Å². The second-order valence-corrected chi connectivity index (χ2v) is 7.63. The lowest BCUT2D eigenvalue weighted by Gasteiger charge is -2.35. The number of benzene rings is 2. The van der Waals surface area contributed by atoms with Gasteiger partial charge in [-0.05, 0) is 36.3 Å². The summed E-state index contributed by atoms with van der Waals surface area (Å²) < 4.78 is 5.38. The molecule has 0 saturated carbocycles. The minimum Gasteiger partial charge on any atom is -0.495 e. The number of carbonyl (C=O) groups excluding carboxylic acids is 3. The molecule has 4 atom stereocenters. The summed E-state index contributed by atoms with van der Waals surface area (Å²) in [7, 11) is 1.51. The van der Waals surface area contributed by atoms with Gasteiger partial charge in [0.15, 0.2) is 5.78 Å². The number of hydrogen-bond donors (Lipinski definition) is 0. The van der Waals surface area contributed by atoms with Crippen molar-refractivity contribution in [2.75, 3.05) is 12.0 Å². The number of Topliss-reactive ketones (excluding diaryl/α,β-unsaturated/α-hetero) is 1. The molecule has 5 rings (SSSR count). The topological polar surface area (TPSA) is 66.9 Å². The molecule has 146 valence electrons. The predicted octanol–water partition coefficient (Wildman–Crippen LogP) is 2.80. The van der Waals surface area contributed by atoms with Crippen LogP contribution in [0.3, 0.4) is 0 Å². The molecular weight excluding hydrogens is 368 g/mol. The summed E-state index contributed by atoms with van der Waals surface area (Å²) in [6, 6.07) is 13.8. The van der Waals surface area contributed by atoms with E-state index in [-0.39, 0.29) is 23.6 Å². The molecule has 2 aromatic carbocycles. The van der Waals surface area contributed by atoms with Crippen LogP contribution in [0.2, 0.25) is 0 Å². The maximum Gasteiger partial charge on any atom is 0.240 e. The number of rotatable bonds is 3. The Morgan fingerprint density at radius 2 is 1.66 bits per heavy atom. The molecule has 6 heteroatoms. The molecule has 29 heavy (non-hydrogen) atoms. The molecule has 0 aliphatic carbocycles. The largest absolute Gasteiger partial charge is 0.495 e. The third-order valence-electron chi connectivity index (χ3n) is 6.20. The number of ketones is 1. The number of fused-ring (bicyclic) bond motifs is 5. The number of nitrogens with zero attached hydrogens (tertiary/aromatic N) is 2. The zero-order valence-corrected chi connectivity index (χ0v) is 16.1. The third kappa shape index (κ3) is 2.32. The maximum atomic E-state index is 13.6. The molecule has 2 aromatic rings. The monoisotopic (exact) mass is 388 g/mol. The number of ether oxygens (including phenoxy) is 1. The Morgan fingerprint density at radius 3 is 2.41 bits per heavy atom. The van der Waals surface area contributed by atoms with E-state index in [2.05, 4.69) is 0 Å². The molecule has 0 unspecified atom stereocenters. The van der Waals surface area contributed by atoms with Gasteiger partial charge in [-0.25, -0.2) is 4.90 Å². The average molecular weight is 388 g/mol. The van der Waals surface area contributed by atoms with Crippen LogP contribution in [0.1, 0.15) is 24.1 Å². The number of anilines is 1. The summed E-state index contributed by atoms with van der Waals surface area (Å²) in [6.07, 6.45) is 3.79. The van der Waals surface area contributed by atoms with Gasteiger partial charge in [0.1, 0.15) is 5.75 Å². The summed E-state index contributed by atoms with van der Waals surface area (Å²) in [6.45, 7) is 1.49. The Hall–Kier alpha value is -3.41. The summed E-state index contributed by atoms with van der Waals surface area (Å²) in [5.74, 6) is -1.62. The summed E-state index contributed by atoms with van der Waals surface area (Å²) in [4.78, 5) is 42.8. The molecule has 3 aliphatic rings. The van der Waals surface area contributed by atoms with E-state index in [1.165, 1.54) is 18.9 Å². The first-order valence-electron chi connectivity index (χ1n) is 9.60. The van der Waals surface area contributed by atoms with Gasteiger partial charge in [0.2, 0.25) is 11.8 Å². The Morgan fingerprint density at radius 1 is 0.966 bits per heavy atom. The van der Waals surface area contributed by atoms with E-state index in [1.807, 2.05) is 41.4 Å². The van der Waals surface area contributed by atoms with Crippen molar-refractivity contribution in [2.45, 2.75) is 19.0 Å². The molecular formula is C23H20N2O4. The zero-order chi connectivity index (χ0) is 20.3. The first-order chi connectivity index (χ1) is 14.0. The van der Waals surface area contributed by atoms with Gasteiger partial charge in [0.05, 0.1) is 36.7 Å². The van der Waals surface area contributed by atoms with Crippen LogP contribution in [-0.2, 0) is 14.4 Å². The third-order valence-corrected chi connectivity index (χ3v) is 6.20. The second-order valence-electron chi connectivity index (χ2n) is 7.63. The Labute approximate surface area is 168 Å². The van der Waals surface area contributed by atoms with Gasteiger partial charge in [-0.15, -0.1) is 0 Å². The molecule has 2 amide bonds. The first kappa shape index (κ1) is 17.7. The van der Waals surface area contributed by atoms with E-state index in [9.17, 15) is 14.4 Å². The van der Waals surface area contributed by atoms with Crippen LogP contribution in [0.25, 0.3) is 6.08 Å². The molecule has 0 radical (unpaired) electrons. The lowest BCUT2D eigenvalue weighted by atomic mass is 9.84. The molecule has 6 nitrogen and oxygen atoms in total. The number of methoxy groups -OCH3 is 1. The van der Waals surface area contributed by atoms with E-state index in [4.69, 9.17) is 4.74 Å². The SMILES string of the molecule is COc1ccccc1N1C(=O)[C@@H]2[C@H](C1=O)[C@H]1c3ccccc3C=CN1[C@@H]2C(C)=O.